The largest absolute Gasteiger partial charge is 0.265 e. The molecule has 0 N–H and O–H groups in total. The first kappa shape index (κ1) is 9.90. The van der Waals surface area contributed by atoms with Crippen LogP contribution in [0.2, 0.25) is 0 Å². The van der Waals surface area contributed by atoms with E-state index >= 15 is 0 Å². The number of aryl methyl sites for hydroxylation is 2. The zero-order chi connectivity index (χ0) is 10.8. The summed E-state index contributed by atoms with van der Waals surface area (Å²) >= 11 is 0. The molecule has 0 aliphatic heterocycles. The van der Waals surface area contributed by atoms with Gasteiger partial charge >= 0.3 is 0 Å². The average molecular weight is 204 g/mol. The van der Waals surface area contributed by atoms with E-state index in [0.717, 1.165) is 23.5 Å². The van der Waals surface area contributed by atoms with Gasteiger partial charge < -0.3 is 0 Å². The van der Waals surface area contributed by atoms with Crippen molar-refractivity contribution in [3.63, 3.8) is 0 Å². The van der Waals surface area contributed by atoms with Gasteiger partial charge in [0, 0.05) is 6.54 Å². The average Bonchev–Trinajstić information content (AvgIpc) is 2.61. The highest BCUT2D eigenvalue weighted by Gasteiger charge is 2.06. The molecular formula is C12H13FN2. The molecule has 3 heteroatoms. The minimum Gasteiger partial charge on any atom is -0.265 e. The Morgan fingerprint density at radius 1 is 1.27 bits per heavy atom. The number of halogens is 1. The van der Waals surface area contributed by atoms with Crippen molar-refractivity contribution in [3.05, 3.63) is 41.8 Å². The zero-order valence-corrected chi connectivity index (χ0v) is 8.87. The second kappa shape index (κ2) is 3.85. The highest BCUT2D eigenvalue weighted by molar-refractivity contribution is 5.59. The van der Waals surface area contributed by atoms with Crippen molar-refractivity contribution in [2.24, 2.45) is 0 Å². The summed E-state index contributed by atoms with van der Waals surface area (Å²) in [6, 6.07) is 8.50. The Balaban J connectivity index is 2.48. The standard InChI is InChI=1S/C12H13FN2/c1-3-15-12(8-9(2)14-15)10-4-6-11(13)7-5-10/h4-8H,3H2,1-2H3. The van der Waals surface area contributed by atoms with Crippen LogP contribution in [-0.2, 0) is 6.54 Å². The normalized spacial score (nSPS) is 10.6. The Hall–Kier alpha value is -1.64. The Morgan fingerprint density at radius 2 is 1.93 bits per heavy atom. The monoisotopic (exact) mass is 204 g/mol. The first-order valence-electron chi connectivity index (χ1n) is 5.01. The molecule has 0 amide bonds. The SMILES string of the molecule is CCn1nc(C)cc1-c1ccc(F)cc1. The molecule has 1 aromatic carbocycles. The predicted molar refractivity (Wildman–Crippen MR) is 58.0 cm³/mol. The van der Waals surface area contributed by atoms with E-state index in [1.54, 1.807) is 12.1 Å². The molecule has 1 heterocycles. The lowest BCUT2D eigenvalue weighted by atomic mass is 10.1. The van der Waals surface area contributed by atoms with Crippen molar-refractivity contribution in [1.29, 1.82) is 0 Å². The van der Waals surface area contributed by atoms with Crippen LogP contribution in [0.5, 0.6) is 0 Å². The highest BCUT2D eigenvalue weighted by Crippen LogP contribution is 2.20. The maximum atomic E-state index is 12.8. The third-order valence-electron chi connectivity index (χ3n) is 2.34. The van der Waals surface area contributed by atoms with Crippen molar-refractivity contribution < 1.29 is 4.39 Å². The number of rotatable bonds is 2. The lowest BCUT2D eigenvalue weighted by Crippen LogP contribution is -1.99. The fourth-order valence-electron chi connectivity index (χ4n) is 1.64. The zero-order valence-electron chi connectivity index (χ0n) is 8.87. The van der Waals surface area contributed by atoms with E-state index in [4.69, 9.17) is 0 Å². The fourth-order valence-corrected chi connectivity index (χ4v) is 1.64. The van der Waals surface area contributed by atoms with Gasteiger partial charge in [-0.3, -0.25) is 4.68 Å². The van der Waals surface area contributed by atoms with E-state index in [0.29, 0.717) is 0 Å². The second-order valence-corrected chi connectivity index (χ2v) is 3.49. The molecule has 78 valence electrons. The van der Waals surface area contributed by atoms with Crippen LogP contribution >= 0.6 is 0 Å². The van der Waals surface area contributed by atoms with Crippen LogP contribution < -0.4 is 0 Å². The van der Waals surface area contributed by atoms with Crippen LogP contribution in [0.4, 0.5) is 4.39 Å². The number of hydrogen-bond acceptors (Lipinski definition) is 1. The Bertz CT molecular complexity index is 457. The molecule has 2 nitrogen and oxygen atoms in total. The van der Waals surface area contributed by atoms with Crippen LogP contribution in [-0.4, -0.2) is 9.78 Å². The van der Waals surface area contributed by atoms with E-state index in [9.17, 15) is 4.39 Å². The molecule has 0 bridgehead atoms. The summed E-state index contributed by atoms with van der Waals surface area (Å²) in [5.74, 6) is -0.210. The summed E-state index contributed by atoms with van der Waals surface area (Å²) in [4.78, 5) is 0. The number of nitrogens with zero attached hydrogens (tertiary/aromatic N) is 2. The first-order valence-corrected chi connectivity index (χ1v) is 5.01. The first-order chi connectivity index (χ1) is 7.20. The molecule has 2 rings (SSSR count). The molecule has 0 unspecified atom stereocenters. The smallest absolute Gasteiger partial charge is 0.123 e. The molecule has 0 aliphatic rings. The van der Waals surface area contributed by atoms with Gasteiger partial charge in [0.1, 0.15) is 5.82 Å². The molecule has 0 aliphatic carbocycles. The Labute approximate surface area is 88.4 Å². The van der Waals surface area contributed by atoms with Gasteiger partial charge in [0.05, 0.1) is 11.4 Å². The molecule has 0 spiro atoms. The topological polar surface area (TPSA) is 17.8 Å². The van der Waals surface area contributed by atoms with Crippen LogP contribution in [0.25, 0.3) is 11.3 Å². The summed E-state index contributed by atoms with van der Waals surface area (Å²) in [5, 5.41) is 4.35. The molecule has 2 aromatic rings. The minimum absolute atomic E-state index is 0.210. The van der Waals surface area contributed by atoms with Gasteiger partial charge in [0.2, 0.25) is 0 Å². The molecule has 0 saturated heterocycles. The van der Waals surface area contributed by atoms with E-state index in [2.05, 4.69) is 5.10 Å². The maximum Gasteiger partial charge on any atom is 0.123 e. The van der Waals surface area contributed by atoms with Gasteiger partial charge in [-0.25, -0.2) is 4.39 Å². The predicted octanol–water partition coefficient (Wildman–Crippen LogP) is 3.02. The van der Waals surface area contributed by atoms with Crippen molar-refractivity contribution in [1.82, 2.24) is 9.78 Å². The van der Waals surface area contributed by atoms with Crippen molar-refractivity contribution >= 4 is 0 Å². The van der Waals surface area contributed by atoms with Gasteiger partial charge in [-0.05, 0) is 49.7 Å². The van der Waals surface area contributed by atoms with Gasteiger partial charge in [0.25, 0.3) is 0 Å². The van der Waals surface area contributed by atoms with Gasteiger partial charge in [0.15, 0.2) is 0 Å². The molecule has 15 heavy (non-hydrogen) atoms. The second-order valence-electron chi connectivity index (χ2n) is 3.49. The van der Waals surface area contributed by atoms with Gasteiger partial charge in [-0.15, -0.1) is 0 Å². The van der Waals surface area contributed by atoms with E-state index in [1.165, 1.54) is 12.1 Å². The van der Waals surface area contributed by atoms with Crippen molar-refractivity contribution in [2.75, 3.05) is 0 Å². The van der Waals surface area contributed by atoms with Gasteiger partial charge in [-0.1, -0.05) is 0 Å². The third-order valence-corrected chi connectivity index (χ3v) is 2.34. The number of aromatic nitrogens is 2. The quantitative estimate of drug-likeness (QED) is 0.735. The minimum atomic E-state index is -0.210. The Kier molecular flexibility index (Phi) is 2.54. The summed E-state index contributed by atoms with van der Waals surface area (Å²) in [5.41, 5.74) is 3.02. The van der Waals surface area contributed by atoms with Crippen LogP contribution in [0.15, 0.2) is 30.3 Å². The third kappa shape index (κ3) is 1.91. The van der Waals surface area contributed by atoms with E-state index < -0.39 is 0 Å². The molecular weight excluding hydrogens is 191 g/mol. The lowest BCUT2D eigenvalue weighted by molar-refractivity contribution is 0.627. The maximum absolute atomic E-state index is 12.8. The lowest BCUT2D eigenvalue weighted by Gasteiger charge is -2.03. The van der Waals surface area contributed by atoms with Gasteiger partial charge in [-0.2, -0.15) is 5.10 Å². The highest BCUT2D eigenvalue weighted by atomic mass is 19.1. The molecule has 0 fully saturated rings. The fraction of sp³-hybridized carbons (Fsp3) is 0.250. The Morgan fingerprint density at radius 3 is 2.53 bits per heavy atom. The van der Waals surface area contributed by atoms with Crippen LogP contribution in [0.1, 0.15) is 12.6 Å². The summed E-state index contributed by atoms with van der Waals surface area (Å²) in [6.07, 6.45) is 0. The van der Waals surface area contributed by atoms with E-state index in [1.807, 2.05) is 24.6 Å². The molecule has 0 atom stereocenters. The van der Waals surface area contributed by atoms with Crippen molar-refractivity contribution in [3.8, 4) is 11.3 Å². The molecule has 0 saturated carbocycles. The van der Waals surface area contributed by atoms with E-state index in [-0.39, 0.29) is 5.82 Å². The van der Waals surface area contributed by atoms with Crippen LogP contribution in [0, 0.1) is 12.7 Å². The number of benzene rings is 1. The summed E-state index contributed by atoms with van der Waals surface area (Å²) < 4.78 is 14.7. The van der Waals surface area contributed by atoms with Crippen LogP contribution in [0.3, 0.4) is 0 Å². The summed E-state index contributed by atoms with van der Waals surface area (Å²) in [7, 11) is 0. The number of hydrogen-bond donors (Lipinski definition) is 0. The molecule has 1 aromatic heterocycles. The van der Waals surface area contributed by atoms with Crippen molar-refractivity contribution in [2.45, 2.75) is 20.4 Å². The molecule has 0 radical (unpaired) electrons. The summed E-state index contributed by atoms with van der Waals surface area (Å²) in [6.45, 7) is 4.82.